The maximum Gasteiger partial charge on any atom is 0.129 e. The zero-order valence-corrected chi connectivity index (χ0v) is 12.8. The number of hydrogen-bond acceptors (Lipinski definition) is 4. The van der Waals surface area contributed by atoms with E-state index in [9.17, 15) is 8.78 Å². The fraction of sp³-hybridized carbons (Fsp3) is 0.467. The highest BCUT2D eigenvalue weighted by Crippen LogP contribution is 2.18. The molecule has 0 aliphatic rings. The third-order valence-electron chi connectivity index (χ3n) is 3.04. The average Bonchev–Trinajstić information content (AvgIpc) is 2.89. The number of nitrogens with one attached hydrogen (secondary N) is 1. The lowest BCUT2D eigenvalue weighted by Gasteiger charge is -2.00. The maximum atomic E-state index is 13.6. The minimum atomic E-state index is -0.561. The molecule has 0 saturated carbocycles. The van der Waals surface area contributed by atoms with Gasteiger partial charge < -0.3 is 5.32 Å². The summed E-state index contributed by atoms with van der Waals surface area (Å²) >= 11 is 1.49. The lowest BCUT2D eigenvalue weighted by atomic mass is 10.1. The maximum absolute atomic E-state index is 13.6. The molecule has 0 atom stereocenters. The Hall–Kier alpha value is -1.40. The Labute approximate surface area is 127 Å². The number of hydrogen-bond donors (Lipinski definition) is 1. The highest BCUT2D eigenvalue weighted by atomic mass is 32.1. The Morgan fingerprint density at radius 3 is 2.71 bits per heavy atom. The number of aryl methyl sites for hydroxylation is 1. The van der Waals surface area contributed by atoms with Crippen LogP contribution in [-0.4, -0.2) is 23.3 Å². The highest BCUT2D eigenvalue weighted by Gasteiger charge is 2.09. The third kappa shape index (κ3) is 5.13. The molecule has 21 heavy (non-hydrogen) atoms. The van der Waals surface area contributed by atoms with Crippen LogP contribution in [0.4, 0.5) is 8.78 Å². The van der Waals surface area contributed by atoms with Gasteiger partial charge in [0, 0.05) is 18.9 Å². The Balaban J connectivity index is 1.85. The van der Waals surface area contributed by atoms with Gasteiger partial charge in [0.2, 0.25) is 0 Å². The zero-order valence-electron chi connectivity index (χ0n) is 12.0. The number of nitrogens with zero attached hydrogens (tertiary/aromatic N) is 2. The quantitative estimate of drug-likeness (QED) is 0.760. The van der Waals surface area contributed by atoms with Crippen LogP contribution in [0.3, 0.4) is 0 Å². The Morgan fingerprint density at radius 1 is 1.14 bits per heavy atom. The Bertz CT molecular complexity index is 572. The molecular formula is C15H19F2N3S. The second-order valence-electron chi connectivity index (χ2n) is 4.86. The van der Waals surface area contributed by atoms with Gasteiger partial charge in [0.25, 0.3) is 0 Å². The van der Waals surface area contributed by atoms with Gasteiger partial charge in [-0.3, -0.25) is 0 Å². The van der Waals surface area contributed by atoms with Crippen molar-refractivity contribution in [2.45, 2.75) is 32.6 Å². The average molecular weight is 311 g/mol. The minimum absolute atomic E-state index is 0.359. The molecule has 2 aromatic rings. The zero-order chi connectivity index (χ0) is 15.1. The number of rotatable bonds is 8. The molecule has 0 saturated heterocycles. The van der Waals surface area contributed by atoms with Crippen molar-refractivity contribution < 1.29 is 8.78 Å². The molecule has 1 N–H and O–H groups in total. The van der Waals surface area contributed by atoms with E-state index in [2.05, 4.69) is 22.4 Å². The van der Waals surface area contributed by atoms with Crippen molar-refractivity contribution in [2.75, 3.05) is 13.1 Å². The van der Waals surface area contributed by atoms with Crippen LogP contribution in [-0.2, 0) is 12.8 Å². The van der Waals surface area contributed by atoms with E-state index < -0.39 is 11.6 Å². The molecule has 0 aliphatic heterocycles. The Morgan fingerprint density at radius 2 is 1.95 bits per heavy atom. The van der Waals surface area contributed by atoms with Crippen molar-refractivity contribution in [1.29, 1.82) is 0 Å². The minimum Gasteiger partial charge on any atom is -0.317 e. The molecule has 3 nitrogen and oxygen atoms in total. The van der Waals surface area contributed by atoms with Gasteiger partial charge in [0.15, 0.2) is 0 Å². The summed E-state index contributed by atoms with van der Waals surface area (Å²) in [5.41, 5.74) is 0.448. The second-order valence-corrected chi connectivity index (χ2v) is 6.00. The molecule has 0 amide bonds. The Kier molecular flexibility index (Phi) is 6.20. The highest BCUT2D eigenvalue weighted by molar-refractivity contribution is 7.11. The molecule has 1 aromatic carbocycles. The van der Waals surface area contributed by atoms with E-state index in [4.69, 9.17) is 0 Å². The van der Waals surface area contributed by atoms with Crippen molar-refractivity contribution in [3.8, 4) is 0 Å². The first-order valence-electron chi connectivity index (χ1n) is 7.15. The summed E-state index contributed by atoms with van der Waals surface area (Å²) in [7, 11) is 0. The first-order chi connectivity index (χ1) is 10.2. The van der Waals surface area contributed by atoms with E-state index in [1.807, 2.05) is 0 Å². The van der Waals surface area contributed by atoms with Crippen molar-refractivity contribution in [2.24, 2.45) is 0 Å². The largest absolute Gasteiger partial charge is 0.317 e. The van der Waals surface area contributed by atoms with Crippen LogP contribution < -0.4 is 5.32 Å². The van der Waals surface area contributed by atoms with E-state index in [0.29, 0.717) is 12.0 Å². The van der Waals surface area contributed by atoms with Crippen LogP contribution in [0.1, 0.15) is 35.3 Å². The lowest BCUT2D eigenvalue weighted by Crippen LogP contribution is -2.16. The second kappa shape index (κ2) is 8.14. The SMILES string of the molecule is CCCNCCCc1nnc(Cc2ccc(F)cc2F)s1. The first-order valence-corrected chi connectivity index (χ1v) is 7.96. The monoisotopic (exact) mass is 311 g/mol. The van der Waals surface area contributed by atoms with Crippen LogP contribution in [0.2, 0.25) is 0 Å². The van der Waals surface area contributed by atoms with Gasteiger partial charge >= 0.3 is 0 Å². The summed E-state index contributed by atoms with van der Waals surface area (Å²) < 4.78 is 26.4. The molecule has 0 radical (unpaired) electrons. The predicted molar refractivity (Wildman–Crippen MR) is 80.6 cm³/mol. The van der Waals surface area contributed by atoms with E-state index in [1.165, 1.54) is 23.5 Å². The molecule has 1 aromatic heterocycles. The van der Waals surface area contributed by atoms with Crippen LogP contribution in [0.15, 0.2) is 18.2 Å². The van der Waals surface area contributed by atoms with Crippen LogP contribution in [0.25, 0.3) is 0 Å². The standard InChI is InChI=1S/C15H19F2N3S/c1-2-7-18-8-3-4-14-19-20-15(21-14)9-11-5-6-12(16)10-13(11)17/h5-6,10,18H,2-4,7-9H2,1H3. The van der Waals surface area contributed by atoms with Crippen LogP contribution >= 0.6 is 11.3 Å². The fourth-order valence-electron chi connectivity index (χ4n) is 1.96. The van der Waals surface area contributed by atoms with E-state index in [1.54, 1.807) is 0 Å². The molecule has 2 rings (SSSR count). The molecule has 0 aliphatic carbocycles. The van der Waals surface area contributed by atoms with Gasteiger partial charge in [0.05, 0.1) is 0 Å². The van der Waals surface area contributed by atoms with Crippen molar-refractivity contribution in [1.82, 2.24) is 15.5 Å². The summed E-state index contributed by atoms with van der Waals surface area (Å²) in [4.78, 5) is 0. The summed E-state index contributed by atoms with van der Waals surface area (Å²) in [6, 6.07) is 3.62. The molecule has 1 heterocycles. The lowest BCUT2D eigenvalue weighted by molar-refractivity contribution is 0.574. The van der Waals surface area contributed by atoms with Crippen LogP contribution in [0, 0.1) is 11.6 Å². The summed E-state index contributed by atoms with van der Waals surface area (Å²) in [5.74, 6) is -1.09. The van der Waals surface area contributed by atoms with E-state index in [-0.39, 0.29) is 0 Å². The van der Waals surface area contributed by atoms with Gasteiger partial charge in [-0.15, -0.1) is 21.5 Å². The molecule has 0 fully saturated rings. The summed E-state index contributed by atoms with van der Waals surface area (Å²) in [6.07, 6.45) is 3.38. The molecule has 0 spiro atoms. The fourth-order valence-corrected chi connectivity index (χ4v) is 2.86. The van der Waals surface area contributed by atoms with Crippen LogP contribution in [0.5, 0.6) is 0 Å². The molecular weight excluding hydrogens is 292 g/mol. The molecule has 6 heteroatoms. The topological polar surface area (TPSA) is 37.8 Å². The molecule has 0 bridgehead atoms. The van der Waals surface area contributed by atoms with Gasteiger partial charge in [-0.2, -0.15) is 0 Å². The van der Waals surface area contributed by atoms with Gasteiger partial charge in [0.1, 0.15) is 21.6 Å². The predicted octanol–water partition coefficient (Wildman–Crippen LogP) is 3.34. The van der Waals surface area contributed by atoms with Crippen molar-refractivity contribution in [3.05, 3.63) is 45.4 Å². The van der Waals surface area contributed by atoms with Crippen molar-refractivity contribution >= 4 is 11.3 Å². The molecule has 114 valence electrons. The summed E-state index contributed by atoms with van der Waals surface area (Å²) in [5, 5.41) is 13.3. The van der Waals surface area contributed by atoms with Crippen molar-refractivity contribution in [3.63, 3.8) is 0 Å². The number of aromatic nitrogens is 2. The summed E-state index contributed by atoms with van der Waals surface area (Å²) in [6.45, 7) is 4.14. The molecule has 0 unspecified atom stereocenters. The van der Waals surface area contributed by atoms with E-state index >= 15 is 0 Å². The van der Waals surface area contributed by atoms with E-state index in [0.717, 1.165) is 48.4 Å². The van der Waals surface area contributed by atoms with Gasteiger partial charge in [-0.1, -0.05) is 13.0 Å². The number of halogens is 2. The normalized spacial score (nSPS) is 11.0. The number of benzene rings is 1. The smallest absolute Gasteiger partial charge is 0.129 e. The first kappa shape index (κ1) is 16.0. The third-order valence-corrected chi connectivity index (χ3v) is 4.02. The van der Waals surface area contributed by atoms with Gasteiger partial charge in [-0.25, -0.2) is 8.78 Å². The van der Waals surface area contributed by atoms with Gasteiger partial charge in [-0.05, 0) is 37.6 Å².